The Balaban J connectivity index is 2.16. The molecule has 0 unspecified atom stereocenters. The lowest BCUT2D eigenvalue weighted by atomic mass is 9.48. The molecule has 2 aliphatic rings. The first-order valence-corrected chi connectivity index (χ1v) is 8.29. The monoisotopic (exact) mass is 312 g/mol. The van der Waals surface area contributed by atoms with Crippen LogP contribution >= 0.6 is 0 Å². The molecule has 1 aromatic rings. The number of rotatable bonds is 1. The van der Waals surface area contributed by atoms with Crippen molar-refractivity contribution < 1.29 is 4.11 Å². The molecule has 2 heterocycles. The van der Waals surface area contributed by atoms with Gasteiger partial charge < -0.3 is 9.82 Å². The van der Waals surface area contributed by atoms with E-state index in [1.807, 2.05) is 18.1 Å². The average molecular weight is 312 g/mol. The lowest BCUT2D eigenvalue weighted by Gasteiger charge is -2.46. The van der Waals surface area contributed by atoms with Crippen molar-refractivity contribution in [1.29, 1.82) is 0 Å². The van der Waals surface area contributed by atoms with Gasteiger partial charge in [0.1, 0.15) is 6.17 Å². The maximum Gasteiger partial charge on any atom is 0.307 e. The van der Waals surface area contributed by atoms with Crippen molar-refractivity contribution in [1.82, 2.24) is 14.8 Å². The van der Waals surface area contributed by atoms with Crippen molar-refractivity contribution in [3.05, 3.63) is 47.1 Å². The highest BCUT2D eigenvalue weighted by molar-refractivity contribution is 6.75. The van der Waals surface area contributed by atoms with E-state index in [-0.39, 0.29) is 18.4 Å². The number of nitrogens with zero attached hydrogens (tertiary/aromatic N) is 3. The van der Waals surface area contributed by atoms with Gasteiger partial charge in [0.25, 0.3) is 0 Å². The van der Waals surface area contributed by atoms with Gasteiger partial charge >= 0.3 is 6.85 Å². The summed E-state index contributed by atoms with van der Waals surface area (Å²) >= 11 is 0. The molecule has 122 valence electrons. The van der Waals surface area contributed by atoms with Gasteiger partial charge in [0.05, 0.1) is 0 Å². The van der Waals surface area contributed by atoms with Gasteiger partial charge in [-0.1, -0.05) is 57.3 Å². The summed E-state index contributed by atoms with van der Waals surface area (Å²) in [5.74, 6) is 0. The Bertz CT molecular complexity index is 854. The van der Waals surface area contributed by atoms with Crippen molar-refractivity contribution >= 4 is 18.0 Å². The molecule has 1 atom stereocenters. The Labute approximate surface area is 144 Å². The van der Waals surface area contributed by atoms with Crippen LogP contribution in [0.25, 0.3) is 11.2 Å². The van der Waals surface area contributed by atoms with E-state index in [0.717, 1.165) is 5.70 Å². The highest BCUT2D eigenvalue weighted by Gasteiger charge is 2.38. The first-order chi connectivity index (χ1) is 11.9. The van der Waals surface area contributed by atoms with E-state index < -0.39 is 6.98 Å². The minimum Gasteiger partial charge on any atom is -0.358 e. The molecular weight excluding hydrogens is 281 g/mol. The molecule has 23 heavy (non-hydrogen) atoms. The summed E-state index contributed by atoms with van der Waals surface area (Å²) in [5, 5.41) is 4.56. The molecule has 0 fully saturated rings. The number of hydrazine groups is 1. The summed E-state index contributed by atoms with van der Waals surface area (Å²) in [4.78, 5) is 3.68. The molecule has 0 radical (unpaired) electrons. The van der Waals surface area contributed by atoms with Gasteiger partial charge in [-0.2, -0.15) is 0 Å². The fourth-order valence-corrected chi connectivity index (χ4v) is 3.97. The van der Waals surface area contributed by atoms with Crippen LogP contribution < -0.4 is 10.4 Å². The van der Waals surface area contributed by atoms with Gasteiger partial charge in [-0.3, -0.25) is 5.01 Å². The molecule has 0 spiro atoms. The van der Waals surface area contributed by atoms with Crippen LogP contribution in [0.5, 0.6) is 0 Å². The quantitative estimate of drug-likeness (QED) is 0.738. The number of hydrogen-bond acceptors (Lipinski definition) is 3. The number of fused-ring (bicyclic) bond motifs is 1. The predicted octanol–water partition coefficient (Wildman–Crippen LogP) is 2.47. The van der Waals surface area contributed by atoms with E-state index in [2.05, 4.69) is 63.7 Å². The molecule has 0 bridgehead atoms. The van der Waals surface area contributed by atoms with Gasteiger partial charge in [0, 0.05) is 34.4 Å². The molecule has 0 N–H and O–H groups in total. The maximum absolute atomic E-state index is 7.77. The molecule has 3 nitrogen and oxygen atoms in total. The van der Waals surface area contributed by atoms with Crippen LogP contribution in [-0.4, -0.2) is 34.8 Å². The molecule has 0 aromatic heterocycles. The largest absolute Gasteiger partial charge is 0.358 e. The van der Waals surface area contributed by atoms with Crippen molar-refractivity contribution in [2.45, 2.75) is 47.6 Å². The Morgan fingerprint density at radius 2 is 1.78 bits per heavy atom. The highest BCUT2D eigenvalue weighted by atomic mass is 15.7. The zero-order chi connectivity index (χ0) is 19.4. The summed E-state index contributed by atoms with van der Waals surface area (Å²) in [6, 6.07) is 8.51. The summed E-state index contributed by atoms with van der Waals surface area (Å²) in [6.45, 7) is 11.0. The summed E-state index contributed by atoms with van der Waals surface area (Å²) in [7, 11) is 0. The first-order valence-electron chi connectivity index (χ1n) is 9.79. The third-order valence-corrected chi connectivity index (χ3v) is 4.96. The Kier molecular flexibility index (Phi) is 2.93. The van der Waals surface area contributed by atoms with Crippen LogP contribution in [0.1, 0.15) is 38.7 Å². The average Bonchev–Trinajstić information content (AvgIpc) is 2.88. The van der Waals surface area contributed by atoms with Crippen molar-refractivity contribution in [2.24, 2.45) is 5.41 Å². The third kappa shape index (κ3) is 2.45. The third-order valence-electron chi connectivity index (χ3n) is 4.96. The second kappa shape index (κ2) is 5.36. The molecule has 4 heteroatoms. The summed E-state index contributed by atoms with van der Waals surface area (Å²) in [6.07, 6.45) is 3.28. The van der Waals surface area contributed by atoms with Crippen LogP contribution in [0.3, 0.4) is 0 Å². The fraction of sp³-hybridized carbons (Fsp3) is 0.474. The zero-order valence-corrected chi connectivity index (χ0v) is 15.0. The second-order valence-corrected chi connectivity index (χ2v) is 7.53. The first kappa shape index (κ1) is 12.6. The predicted molar refractivity (Wildman–Crippen MR) is 99.3 cm³/mol. The van der Waals surface area contributed by atoms with Crippen LogP contribution in [0, 0.1) is 5.41 Å². The van der Waals surface area contributed by atoms with Gasteiger partial charge in [0.2, 0.25) is 0 Å². The van der Waals surface area contributed by atoms with Crippen LogP contribution in [0.4, 0.5) is 0 Å². The zero-order valence-electron chi connectivity index (χ0n) is 18.0. The minimum atomic E-state index is -2.15. The molecule has 2 aliphatic heterocycles. The van der Waals surface area contributed by atoms with E-state index in [9.17, 15) is 0 Å². The van der Waals surface area contributed by atoms with Crippen LogP contribution in [0.15, 0.2) is 36.7 Å². The topological polar surface area (TPSA) is 9.72 Å². The Morgan fingerprint density at radius 3 is 2.35 bits per heavy atom. The van der Waals surface area contributed by atoms with E-state index in [4.69, 9.17) is 4.11 Å². The molecule has 0 amide bonds. The maximum atomic E-state index is 7.77. The standard InChI is InChI=1S/C19H28BN3/c1-14-16-10-8-9-11-17(16)18(19(3,4)5)20(6)23(14)22-13-12-21(7)15(22)2/h8-13,15H,1-7H3/t15-/m0/s1/i7D3. The lowest BCUT2D eigenvalue weighted by molar-refractivity contribution is 0.0789. The van der Waals surface area contributed by atoms with Gasteiger partial charge in [-0.25, -0.2) is 0 Å². The van der Waals surface area contributed by atoms with E-state index >= 15 is 0 Å². The van der Waals surface area contributed by atoms with Gasteiger partial charge in [0.15, 0.2) is 0 Å². The normalized spacial score (nSPS) is 23.9. The summed E-state index contributed by atoms with van der Waals surface area (Å²) in [5.41, 5.74) is 2.52. The lowest BCUT2D eigenvalue weighted by Crippen LogP contribution is -2.58. The van der Waals surface area contributed by atoms with E-state index in [1.165, 1.54) is 20.8 Å². The number of hydrogen-bond donors (Lipinski definition) is 0. The molecule has 1 aromatic carbocycles. The Hall–Kier alpha value is -1.84. The van der Waals surface area contributed by atoms with Crippen molar-refractivity contribution in [3.8, 4) is 0 Å². The Morgan fingerprint density at radius 1 is 1.13 bits per heavy atom. The van der Waals surface area contributed by atoms with Crippen LogP contribution in [0.2, 0.25) is 6.82 Å². The summed E-state index contributed by atoms with van der Waals surface area (Å²) < 4.78 is 23.3. The highest BCUT2D eigenvalue weighted by Crippen LogP contribution is 2.33. The van der Waals surface area contributed by atoms with Crippen molar-refractivity contribution in [3.63, 3.8) is 0 Å². The fourth-order valence-electron chi connectivity index (χ4n) is 3.97. The van der Waals surface area contributed by atoms with Crippen LogP contribution in [-0.2, 0) is 0 Å². The minimum absolute atomic E-state index is 0.00482. The SMILES string of the molecule is [2H]C([2H])([2H])N1C=CN(N2B(C)C(C(C)(C)C)=c3ccccc3=C2C)[C@H]1C. The van der Waals surface area contributed by atoms with Gasteiger partial charge in [-0.15, -0.1) is 0 Å². The van der Waals surface area contributed by atoms with E-state index in [1.54, 1.807) is 6.20 Å². The molecule has 0 saturated carbocycles. The number of benzene rings is 1. The van der Waals surface area contributed by atoms with Crippen molar-refractivity contribution in [2.75, 3.05) is 6.98 Å². The molecular formula is C19H28BN3. The second-order valence-electron chi connectivity index (χ2n) is 7.53. The van der Waals surface area contributed by atoms with E-state index in [0.29, 0.717) is 0 Å². The molecule has 0 saturated heterocycles. The molecule has 3 rings (SSSR count). The molecule has 0 aliphatic carbocycles. The van der Waals surface area contributed by atoms with Gasteiger partial charge in [-0.05, 0) is 24.5 Å². The smallest absolute Gasteiger partial charge is 0.307 e.